The Morgan fingerprint density at radius 1 is 1.11 bits per heavy atom. The van der Waals surface area contributed by atoms with Gasteiger partial charge in [-0.25, -0.2) is 8.42 Å². The summed E-state index contributed by atoms with van der Waals surface area (Å²) in [5, 5.41) is 0. The maximum absolute atomic E-state index is 12.3. The van der Waals surface area contributed by atoms with E-state index < -0.39 is 10.0 Å². The van der Waals surface area contributed by atoms with Gasteiger partial charge in [-0.3, -0.25) is 0 Å². The van der Waals surface area contributed by atoms with Crippen LogP contribution in [0.15, 0.2) is 32.0 Å². The highest BCUT2D eigenvalue weighted by atomic mass is 79.9. The maximum atomic E-state index is 12.3. The van der Waals surface area contributed by atoms with Crippen LogP contribution in [0.5, 0.6) is 0 Å². The van der Waals surface area contributed by atoms with Gasteiger partial charge in [0.05, 0.1) is 4.90 Å². The van der Waals surface area contributed by atoms with Crippen LogP contribution in [0, 0.1) is 0 Å². The van der Waals surface area contributed by atoms with Gasteiger partial charge in [0.2, 0.25) is 10.0 Å². The van der Waals surface area contributed by atoms with E-state index in [9.17, 15) is 8.42 Å². The Bertz CT molecular complexity index is 518. The quantitative estimate of drug-likeness (QED) is 0.763. The maximum Gasteiger partial charge on any atom is 0.243 e. The van der Waals surface area contributed by atoms with Crippen LogP contribution >= 0.6 is 31.9 Å². The van der Waals surface area contributed by atoms with Crippen LogP contribution in [0.3, 0.4) is 0 Å². The van der Waals surface area contributed by atoms with Crippen LogP contribution in [0.4, 0.5) is 0 Å². The number of nitrogens with zero attached hydrogens (tertiary/aromatic N) is 2. The molecule has 0 N–H and O–H groups in total. The zero-order valence-electron chi connectivity index (χ0n) is 10.5. The van der Waals surface area contributed by atoms with Gasteiger partial charge in [-0.15, -0.1) is 0 Å². The molecule has 0 bridgehead atoms. The Labute approximate surface area is 125 Å². The van der Waals surface area contributed by atoms with Gasteiger partial charge in [-0.2, -0.15) is 4.31 Å². The number of hydrogen-bond donors (Lipinski definition) is 0. The van der Waals surface area contributed by atoms with E-state index in [0.29, 0.717) is 17.6 Å². The molecule has 0 spiro atoms. The van der Waals surface area contributed by atoms with Crippen molar-refractivity contribution < 1.29 is 8.42 Å². The molecule has 0 fully saturated rings. The Hall–Kier alpha value is 0.0500. The molecular formula is C11H16Br2N2O2S. The summed E-state index contributed by atoms with van der Waals surface area (Å²) in [6, 6.07) is 5.04. The molecule has 0 aromatic heterocycles. The average Bonchev–Trinajstić information content (AvgIpc) is 2.24. The smallest absolute Gasteiger partial charge is 0.243 e. The van der Waals surface area contributed by atoms with Crippen LogP contribution in [-0.4, -0.2) is 51.9 Å². The zero-order valence-corrected chi connectivity index (χ0v) is 14.5. The molecule has 0 saturated heterocycles. The summed E-state index contributed by atoms with van der Waals surface area (Å²) in [6.07, 6.45) is 0. The SMILES string of the molecule is CN(C)CCN(C)S(=O)(=O)c1ccc(Br)cc1Br. The fourth-order valence-corrected chi connectivity index (χ4v) is 4.18. The molecule has 0 heterocycles. The highest BCUT2D eigenvalue weighted by Gasteiger charge is 2.23. The van der Waals surface area contributed by atoms with E-state index in [1.165, 1.54) is 4.31 Å². The van der Waals surface area contributed by atoms with E-state index in [1.807, 2.05) is 19.0 Å². The van der Waals surface area contributed by atoms with E-state index in [4.69, 9.17) is 0 Å². The van der Waals surface area contributed by atoms with Crippen molar-refractivity contribution in [3.63, 3.8) is 0 Å². The number of likely N-dealkylation sites (N-methyl/N-ethyl adjacent to an activating group) is 2. The first-order chi connectivity index (χ1) is 8.25. The van der Waals surface area contributed by atoms with E-state index in [-0.39, 0.29) is 4.90 Å². The number of halogens is 2. The fourth-order valence-electron chi connectivity index (χ4n) is 1.31. The molecule has 7 heteroatoms. The normalized spacial score (nSPS) is 12.4. The van der Waals surface area contributed by atoms with Gasteiger partial charge in [0, 0.05) is 29.1 Å². The lowest BCUT2D eigenvalue weighted by atomic mass is 10.4. The summed E-state index contributed by atoms with van der Waals surface area (Å²) in [7, 11) is 1.97. The van der Waals surface area contributed by atoms with E-state index >= 15 is 0 Å². The van der Waals surface area contributed by atoms with Crippen LogP contribution in [0.2, 0.25) is 0 Å². The minimum Gasteiger partial charge on any atom is -0.308 e. The summed E-state index contributed by atoms with van der Waals surface area (Å²) >= 11 is 6.59. The lowest BCUT2D eigenvalue weighted by Gasteiger charge is -2.20. The second-order valence-corrected chi connectivity index (χ2v) is 7.99. The molecule has 0 amide bonds. The molecule has 18 heavy (non-hydrogen) atoms. The van der Waals surface area contributed by atoms with E-state index in [1.54, 1.807) is 25.2 Å². The molecule has 4 nitrogen and oxygen atoms in total. The summed E-state index contributed by atoms with van der Waals surface area (Å²) in [4.78, 5) is 2.23. The molecule has 1 rings (SSSR count). The molecule has 0 radical (unpaired) electrons. The molecule has 0 atom stereocenters. The van der Waals surface area contributed by atoms with Crippen molar-refractivity contribution in [2.75, 3.05) is 34.2 Å². The van der Waals surface area contributed by atoms with Gasteiger partial charge in [0.15, 0.2) is 0 Å². The predicted molar refractivity (Wildman–Crippen MR) is 80.2 cm³/mol. The second-order valence-electron chi connectivity index (χ2n) is 4.20. The Morgan fingerprint density at radius 3 is 2.22 bits per heavy atom. The molecule has 102 valence electrons. The monoisotopic (exact) mass is 398 g/mol. The van der Waals surface area contributed by atoms with Gasteiger partial charge in [0.25, 0.3) is 0 Å². The van der Waals surface area contributed by atoms with Gasteiger partial charge in [-0.05, 0) is 48.2 Å². The lowest BCUT2D eigenvalue weighted by molar-refractivity contribution is 0.358. The summed E-state index contributed by atoms with van der Waals surface area (Å²) in [5.74, 6) is 0. The Kier molecular flexibility index (Phi) is 5.79. The lowest BCUT2D eigenvalue weighted by Crippen LogP contribution is -2.33. The third-order valence-electron chi connectivity index (χ3n) is 2.44. The topological polar surface area (TPSA) is 40.6 Å². The van der Waals surface area contributed by atoms with E-state index in [0.717, 1.165) is 4.47 Å². The van der Waals surface area contributed by atoms with Crippen LogP contribution in [0.1, 0.15) is 0 Å². The zero-order chi connectivity index (χ0) is 13.9. The third-order valence-corrected chi connectivity index (χ3v) is 5.77. The van der Waals surface area contributed by atoms with Crippen molar-refractivity contribution >= 4 is 41.9 Å². The highest BCUT2D eigenvalue weighted by Crippen LogP contribution is 2.27. The average molecular weight is 400 g/mol. The summed E-state index contributed by atoms with van der Waals surface area (Å²) < 4.78 is 27.4. The van der Waals surface area contributed by atoms with E-state index in [2.05, 4.69) is 31.9 Å². The summed E-state index contributed by atoms with van der Waals surface area (Å²) in [6.45, 7) is 1.14. The molecule has 1 aromatic carbocycles. The number of rotatable bonds is 5. The largest absolute Gasteiger partial charge is 0.308 e. The minimum absolute atomic E-state index is 0.284. The van der Waals surface area contributed by atoms with Crippen molar-refractivity contribution in [1.82, 2.24) is 9.21 Å². The van der Waals surface area contributed by atoms with Crippen LogP contribution in [0.25, 0.3) is 0 Å². The first kappa shape index (κ1) is 16.1. The fraction of sp³-hybridized carbons (Fsp3) is 0.455. The van der Waals surface area contributed by atoms with Crippen molar-refractivity contribution in [1.29, 1.82) is 0 Å². The molecule has 0 saturated carbocycles. The van der Waals surface area contributed by atoms with Gasteiger partial charge >= 0.3 is 0 Å². The van der Waals surface area contributed by atoms with Gasteiger partial charge in [0.1, 0.15) is 0 Å². The minimum atomic E-state index is -3.44. The van der Waals surface area contributed by atoms with Crippen molar-refractivity contribution in [2.24, 2.45) is 0 Å². The summed E-state index contributed by atoms with van der Waals surface area (Å²) in [5.41, 5.74) is 0. The van der Waals surface area contributed by atoms with Crippen molar-refractivity contribution in [2.45, 2.75) is 4.90 Å². The number of benzene rings is 1. The Morgan fingerprint density at radius 2 is 1.72 bits per heavy atom. The van der Waals surface area contributed by atoms with Gasteiger partial charge < -0.3 is 4.90 Å². The molecular weight excluding hydrogens is 384 g/mol. The standard InChI is InChI=1S/C11H16Br2N2O2S/c1-14(2)6-7-15(3)18(16,17)11-5-4-9(12)8-10(11)13/h4-5,8H,6-7H2,1-3H3. The van der Waals surface area contributed by atoms with Crippen LogP contribution in [-0.2, 0) is 10.0 Å². The molecule has 1 aromatic rings. The molecule has 0 aliphatic heterocycles. The van der Waals surface area contributed by atoms with Gasteiger partial charge in [-0.1, -0.05) is 15.9 Å². The van der Waals surface area contributed by atoms with Crippen LogP contribution < -0.4 is 0 Å². The van der Waals surface area contributed by atoms with Crippen molar-refractivity contribution in [3.05, 3.63) is 27.1 Å². The molecule has 0 aliphatic carbocycles. The second kappa shape index (κ2) is 6.47. The first-order valence-electron chi connectivity index (χ1n) is 5.31. The highest BCUT2D eigenvalue weighted by molar-refractivity contribution is 9.11. The Balaban J connectivity index is 2.98. The third kappa shape index (κ3) is 4.03. The predicted octanol–water partition coefficient (Wildman–Crippen LogP) is 2.39. The molecule has 0 unspecified atom stereocenters. The molecule has 0 aliphatic rings. The van der Waals surface area contributed by atoms with Crippen molar-refractivity contribution in [3.8, 4) is 0 Å². The number of sulfonamides is 1. The first-order valence-corrected chi connectivity index (χ1v) is 8.34. The number of hydrogen-bond acceptors (Lipinski definition) is 3.